The van der Waals surface area contributed by atoms with E-state index in [9.17, 15) is 4.79 Å². The van der Waals surface area contributed by atoms with Gasteiger partial charge in [-0.15, -0.1) is 0 Å². The van der Waals surface area contributed by atoms with Crippen LogP contribution < -0.4 is 0 Å². The Bertz CT molecular complexity index is 494. The summed E-state index contributed by atoms with van der Waals surface area (Å²) in [5, 5.41) is 4.10. The highest BCUT2D eigenvalue weighted by molar-refractivity contribution is 5.81. The molecule has 116 valence electrons. The number of carbonyl (C=O) groups is 1. The summed E-state index contributed by atoms with van der Waals surface area (Å²) in [5.74, 6) is 1.96. The average Bonchev–Trinajstić information content (AvgIpc) is 3.18. The smallest absolute Gasteiger partial charge is 0.251 e. The molecule has 21 heavy (non-hydrogen) atoms. The van der Waals surface area contributed by atoms with E-state index in [0.717, 1.165) is 38.1 Å². The molecule has 1 amide bonds. The lowest BCUT2D eigenvalue weighted by atomic mass is 9.96. The van der Waals surface area contributed by atoms with Crippen LogP contribution in [0.15, 0.2) is 4.52 Å². The summed E-state index contributed by atoms with van der Waals surface area (Å²) < 4.78 is 10.8. The summed E-state index contributed by atoms with van der Waals surface area (Å²) in [6.07, 6.45) is 3.58. The zero-order chi connectivity index (χ0) is 14.8. The summed E-state index contributed by atoms with van der Waals surface area (Å²) in [7, 11) is 0. The molecular weight excluding hydrogens is 270 g/mol. The molecule has 6 nitrogen and oxygen atoms in total. The molecule has 2 aliphatic rings. The second-order valence-electron chi connectivity index (χ2n) is 6.27. The lowest BCUT2D eigenvalue weighted by Crippen LogP contribution is -2.44. The average molecular weight is 293 g/mol. The molecule has 3 heterocycles. The van der Waals surface area contributed by atoms with Crippen molar-refractivity contribution in [3.63, 3.8) is 0 Å². The van der Waals surface area contributed by atoms with Crippen molar-refractivity contribution in [3.8, 4) is 0 Å². The summed E-state index contributed by atoms with van der Waals surface area (Å²) in [6, 6.07) is 0. The van der Waals surface area contributed by atoms with E-state index in [1.54, 1.807) is 0 Å². The highest BCUT2D eigenvalue weighted by atomic mass is 16.5. The van der Waals surface area contributed by atoms with Crippen LogP contribution in [-0.2, 0) is 9.53 Å². The molecule has 2 aliphatic heterocycles. The molecule has 0 aromatic carbocycles. The van der Waals surface area contributed by atoms with Gasteiger partial charge < -0.3 is 14.2 Å². The predicted molar refractivity (Wildman–Crippen MR) is 75.9 cm³/mol. The lowest BCUT2D eigenvalue weighted by Gasteiger charge is -2.32. The largest absolute Gasteiger partial charge is 0.368 e. The Balaban J connectivity index is 1.65. The van der Waals surface area contributed by atoms with Crippen molar-refractivity contribution in [2.24, 2.45) is 0 Å². The monoisotopic (exact) mass is 293 g/mol. The minimum absolute atomic E-state index is 0.129. The number of aromatic nitrogens is 2. The second-order valence-corrected chi connectivity index (χ2v) is 6.27. The number of carbonyl (C=O) groups excluding carboxylic acids is 1. The second kappa shape index (κ2) is 6.13. The van der Waals surface area contributed by atoms with Crippen LogP contribution in [0.25, 0.3) is 0 Å². The first-order valence-corrected chi connectivity index (χ1v) is 7.89. The minimum Gasteiger partial charge on any atom is -0.368 e. The van der Waals surface area contributed by atoms with E-state index >= 15 is 0 Å². The van der Waals surface area contributed by atoms with E-state index in [1.807, 2.05) is 18.7 Å². The van der Waals surface area contributed by atoms with Gasteiger partial charge in [-0.05, 0) is 25.7 Å². The Morgan fingerprint density at radius 1 is 1.33 bits per heavy atom. The third kappa shape index (κ3) is 3.10. The van der Waals surface area contributed by atoms with Crippen LogP contribution in [0.4, 0.5) is 0 Å². The van der Waals surface area contributed by atoms with Gasteiger partial charge in [-0.1, -0.05) is 19.0 Å². The first-order chi connectivity index (χ1) is 10.1. The van der Waals surface area contributed by atoms with Crippen LogP contribution in [-0.4, -0.2) is 46.7 Å². The molecular formula is C15H23N3O3. The fourth-order valence-electron chi connectivity index (χ4n) is 3.01. The minimum atomic E-state index is -0.236. The van der Waals surface area contributed by atoms with E-state index in [4.69, 9.17) is 9.26 Å². The van der Waals surface area contributed by atoms with Gasteiger partial charge in [0.2, 0.25) is 5.89 Å². The number of hydrogen-bond acceptors (Lipinski definition) is 5. The van der Waals surface area contributed by atoms with Crippen molar-refractivity contribution in [1.29, 1.82) is 0 Å². The van der Waals surface area contributed by atoms with Crippen molar-refractivity contribution in [2.75, 3.05) is 19.7 Å². The normalized spacial score (nSPS) is 26.5. The fraction of sp³-hybridized carbons (Fsp3) is 0.800. The van der Waals surface area contributed by atoms with Gasteiger partial charge in [0.25, 0.3) is 5.91 Å². The molecule has 1 aromatic heterocycles. The molecule has 6 heteroatoms. The summed E-state index contributed by atoms with van der Waals surface area (Å²) >= 11 is 0. The van der Waals surface area contributed by atoms with Gasteiger partial charge >= 0.3 is 0 Å². The van der Waals surface area contributed by atoms with Crippen molar-refractivity contribution in [1.82, 2.24) is 15.0 Å². The quantitative estimate of drug-likeness (QED) is 0.853. The van der Waals surface area contributed by atoms with E-state index in [-0.39, 0.29) is 23.8 Å². The highest BCUT2D eigenvalue weighted by Gasteiger charge is 2.33. The molecule has 0 bridgehead atoms. The number of amides is 1. The molecule has 0 saturated carbocycles. The van der Waals surface area contributed by atoms with Crippen molar-refractivity contribution >= 4 is 5.91 Å². The molecule has 0 spiro atoms. The molecule has 0 N–H and O–H groups in total. The topological polar surface area (TPSA) is 68.5 Å². The summed E-state index contributed by atoms with van der Waals surface area (Å²) in [6.45, 7) is 6.26. The molecule has 2 fully saturated rings. The van der Waals surface area contributed by atoms with Gasteiger partial charge in [0.05, 0.1) is 0 Å². The first kappa shape index (κ1) is 14.5. The molecule has 2 saturated heterocycles. The van der Waals surface area contributed by atoms with E-state index in [1.165, 1.54) is 0 Å². The molecule has 1 aromatic rings. The number of hydrogen-bond donors (Lipinski definition) is 0. The highest BCUT2D eigenvalue weighted by Crippen LogP contribution is 2.27. The molecule has 2 atom stereocenters. The van der Waals surface area contributed by atoms with Crippen LogP contribution in [0, 0.1) is 0 Å². The zero-order valence-corrected chi connectivity index (χ0v) is 12.7. The Hall–Kier alpha value is -1.43. The number of rotatable bonds is 3. The van der Waals surface area contributed by atoms with Gasteiger partial charge in [0, 0.05) is 31.5 Å². The number of piperidine rings is 1. The third-order valence-corrected chi connectivity index (χ3v) is 4.25. The van der Waals surface area contributed by atoms with E-state index < -0.39 is 0 Å². The Morgan fingerprint density at radius 2 is 2.19 bits per heavy atom. The fourth-order valence-corrected chi connectivity index (χ4v) is 3.01. The molecule has 3 rings (SSSR count). The van der Waals surface area contributed by atoms with Gasteiger partial charge in [-0.25, -0.2) is 0 Å². The standard InChI is InChI=1S/C15H23N3O3/c1-10(2)14-16-13(17-21-14)11-5-3-7-18(9-11)15(19)12-6-4-8-20-12/h10-12H,3-9H2,1-2H3. The maximum absolute atomic E-state index is 12.4. The number of nitrogens with zero attached hydrogens (tertiary/aromatic N) is 3. The summed E-state index contributed by atoms with van der Waals surface area (Å²) in [5.41, 5.74) is 0. The Morgan fingerprint density at radius 3 is 2.86 bits per heavy atom. The SMILES string of the molecule is CC(C)c1nc(C2CCCN(C(=O)C3CCCO3)C2)no1. The summed E-state index contributed by atoms with van der Waals surface area (Å²) in [4.78, 5) is 18.8. The number of likely N-dealkylation sites (tertiary alicyclic amines) is 1. The van der Waals surface area contributed by atoms with Crippen LogP contribution in [0.1, 0.15) is 63.1 Å². The maximum atomic E-state index is 12.4. The van der Waals surface area contributed by atoms with Crippen LogP contribution in [0.2, 0.25) is 0 Å². The number of ether oxygens (including phenoxy) is 1. The molecule has 2 unspecified atom stereocenters. The Kier molecular flexibility index (Phi) is 4.24. The van der Waals surface area contributed by atoms with Crippen molar-refractivity contribution < 1.29 is 14.1 Å². The van der Waals surface area contributed by atoms with Gasteiger partial charge in [0.15, 0.2) is 5.82 Å². The van der Waals surface area contributed by atoms with Crippen molar-refractivity contribution in [2.45, 2.75) is 57.5 Å². The van der Waals surface area contributed by atoms with Crippen LogP contribution in [0.3, 0.4) is 0 Å². The molecule has 0 radical (unpaired) electrons. The van der Waals surface area contributed by atoms with Gasteiger partial charge in [0.1, 0.15) is 6.10 Å². The van der Waals surface area contributed by atoms with Crippen molar-refractivity contribution in [3.05, 3.63) is 11.7 Å². The van der Waals surface area contributed by atoms with Gasteiger partial charge in [-0.3, -0.25) is 4.79 Å². The zero-order valence-electron chi connectivity index (χ0n) is 12.7. The maximum Gasteiger partial charge on any atom is 0.251 e. The van der Waals surface area contributed by atoms with E-state index in [2.05, 4.69) is 10.1 Å². The Labute approximate surface area is 124 Å². The third-order valence-electron chi connectivity index (χ3n) is 4.25. The van der Waals surface area contributed by atoms with Crippen LogP contribution >= 0.6 is 0 Å². The van der Waals surface area contributed by atoms with Gasteiger partial charge in [-0.2, -0.15) is 4.98 Å². The van der Waals surface area contributed by atoms with Crippen LogP contribution in [0.5, 0.6) is 0 Å². The van der Waals surface area contributed by atoms with E-state index in [0.29, 0.717) is 19.0 Å². The lowest BCUT2D eigenvalue weighted by molar-refractivity contribution is -0.142. The first-order valence-electron chi connectivity index (χ1n) is 7.89. The molecule has 0 aliphatic carbocycles. The predicted octanol–water partition coefficient (Wildman–Crippen LogP) is 2.08.